The largest absolute Gasteiger partial charge is 0.338 e. The molecule has 0 aliphatic carbocycles. The summed E-state index contributed by atoms with van der Waals surface area (Å²) < 4.78 is 0. The summed E-state index contributed by atoms with van der Waals surface area (Å²) in [5.74, 6) is 0.499. The van der Waals surface area contributed by atoms with Gasteiger partial charge in [-0.2, -0.15) is 0 Å². The van der Waals surface area contributed by atoms with Crippen LogP contribution in [-0.2, 0) is 6.54 Å². The zero-order valence-corrected chi connectivity index (χ0v) is 14.7. The summed E-state index contributed by atoms with van der Waals surface area (Å²) in [6.07, 6.45) is 6.02. The van der Waals surface area contributed by atoms with Gasteiger partial charge in [-0.05, 0) is 62.1 Å². The highest BCUT2D eigenvalue weighted by molar-refractivity contribution is 5.89. The van der Waals surface area contributed by atoms with Gasteiger partial charge in [0.25, 0.3) is 0 Å². The van der Waals surface area contributed by atoms with Crippen molar-refractivity contribution in [2.75, 3.05) is 25.0 Å². The Morgan fingerprint density at radius 2 is 1.96 bits per heavy atom. The number of nitrogens with one attached hydrogen (secondary N) is 2. The fourth-order valence-corrected chi connectivity index (χ4v) is 3.26. The number of carbonyl (C=O) groups is 1. The van der Waals surface area contributed by atoms with Crippen LogP contribution in [0.4, 0.5) is 10.5 Å². The van der Waals surface area contributed by atoms with Crippen molar-refractivity contribution in [2.24, 2.45) is 5.92 Å². The number of amides is 2. The second kappa shape index (κ2) is 8.62. The van der Waals surface area contributed by atoms with Gasteiger partial charge in [-0.25, -0.2) is 4.79 Å². The van der Waals surface area contributed by atoms with Crippen LogP contribution in [0.5, 0.6) is 0 Å². The van der Waals surface area contributed by atoms with Crippen LogP contribution in [0.25, 0.3) is 0 Å². The molecule has 0 spiro atoms. The quantitative estimate of drug-likeness (QED) is 0.878. The molecule has 0 saturated carbocycles. The summed E-state index contributed by atoms with van der Waals surface area (Å²) in [6, 6.07) is 11.8. The van der Waals surface area contributed by atoms with E-state index in [1.165, 1.54) is 17.5 Å². The predicted molar refractivity (Wildman–Crippen MR) is 100 cm³/mol. The molecule has 1 fully saturated rings. The molecule has 1 saturated heterocycles. The summed E-state index contributed by atoms with van der Waals surface area (Å²) in [5.41, 5.74) is 3.30. The van der Waals surface area contributed by atoms with Gasteiger partial charge >= 0.3 is 6.03 Å². The van der Waals surface area contributed by atoms with Gasteiger partial charge < -0.3 is 10.6 Å². The first-order valence-corrected chi connectivity index (χ1v) is 8.92. The Hall–Kier alpha value is -2.40. The molecule has 2 amide bonds. The van der Waals surface area contributed by atoms with Crippen LogP contribution in [-0.4, -0.2) is 35.5 Å². The number of likely N-dealkylation sites (tertiary alicyclic amines) is 1. The van der Waals surface area contributed by atoms with E-state index in [0.717, 1.165) is 31.7 Å². The number of aryl methyl sites for hydroxylation is 1. The van der Waals surface area contributed by atoms with Crippen LogP contribution >= 0.6 is 0 Å². The van der Waals surface area contributed by atoms with E-state index < -0.39 is 0 Å². The number of nitrogens with zero attached hydrogens (tertiary/aromatic N) is 2. The third kappa shape index (κ3) is 5.57. The van der Waals surface area contributed by atoms with E-state index in [1.54, 1.807) is 0 Å². The van der Waals surface area contributed by atoms with E-state index >= 15 is 0 Å². The van der Waals surface area contributed by atoms with Gasteiger partial charge in [0.1, 0.15) is 0 Å². The molecule has 25 heavy (non-hydrogen) atoms. The second-order valence-corrected chi connectivity index (χ2v) is 6.80. The van der Waals surface area contributed by atoms with Gasteiger partial charge in [0.15, 0.2) is 0 Å². The highest BCUT2D eigenvalue weighted by Gasteiger charge is 2.20. The van der Waals surface area contributed by atoms with Crippen molar-refractivity contribution in [3.05, 3.63) is 59.9 Å². The number of anilines is 1. The maximum absolute atomic E-state index is 12.1. The molecule has 5 nitrogen and oxygen atoms in total. The average molecular weight is 338 g/mol. The minimum atomic E-state index is -0.130. The summed E-state index contributed by atoms with van der Waals surface area (Å²) in [7, 11) is 0. The molecule has 0 radical (unpaired) electrons. The smallest absolute Gasteiger partial charge is 0.319 e. The minimum absolute atomic E-state index is 0.130. The number of pyridine rings is 1. The standard InChI is InChI=1S/C20H26N4O/c1-16-4-6-19(7-5-16)23-20(25)22-13-18-3-2-12-24(15-18)14-17-8-10-21-11-9-17/h4-11,18H,2-3,12-15H2,1H3,(H2,22,23,25). The van der Waals surface area contributed by atoms with Gasteiger partial charge in [-0.1, -0.05) is 17.7 Å². The molecule has 132 valence electrons. The summed E-state index contributed by atoms with van der Waals surface area (Å²) >= 11 is 0. The molecule has 1 unspecified atom stereocenters. The molecule has 1 atom stereocenters. The minimum Gasteiger partial charge on any atom is -0.338 e. The third-order valence-electron chi connectivity index (χ3n) is 4.62. The van der Waals surface area contributed by atoms with Crippen molar-refractivity contribution in [1.82, 2.24) is 15.2 Å². The van der Waals surface area contributed by atoms with Gasteiger partial charge in [-0.15, -0.1) is 0 Å². The SMILES string of the molecule is Cc1ccc(NC(=O)NCC2CCCN(Cc3ccncc3)C2)cc1. The topological polar surface area (TPSA) is 57.3 Å². The molecule has 5 heteroatoms. The predicted octanol–water partition coefficient (Wildman–Crippen LogP) is 3.42. The highest BCUT2D eigenvalue weighted by Crippen LogP contribution is 2.18. The molecule has 1 aromatic heterocycles. The van der Waals surface area contributed by atoms with Gasteiger partial charge in [0.2, 0.25) is 0 Å². The third-order valence-corrected chi connectivity index (χ3v) is 4.62. The second-order valence-electron chi connectivity index (χ2n) is 6.80. The number of rotatable bonds is 5. The maximum Gasteiger partial charge on any atom is 0.319 e. The van der Waals surface area contributed by atoms with Crippen molar-refractivity contribution < 1.29 is 4.79 Å². The van der Waals surface area contributed by atoms with Crippen molar-refractivity contribution in [3.63, 3.8) is 0 Å². The van der Waals surface area contributed by atoms with Crippen molar-refractivity contribution in [1.29, 1.82) is 0 Å². The molecule has 3 rings (SSSR count). The molecule has 2 N–H and O–H groups in total. The van der Waals surface area contributed by atoms with Crippen molar-refractivity contribution >= 4 is 11.7 Å². The van der Waals surface area contributed by atoms with E-state index in [4.69, 9.17) is 0 Å². The molecular formula is C20H26N4O. The van der Waals surface area contributed by atoms with Gasteiger partial charge in [0.05, 0.1) is 0 Å². The van der Waals surface area contributed by atoms with Gasteiger partial charge in [-0.3, -0.25) is 9.88 Å². The van der Waals surface area contributed by atoms with Crippen LogP contribution in [0, 0.1) is 12.8 Å². The number of carbonyl (C=O) groups excluding carboxylic acids is 1. The normalized spacial score (nSPS) is 17.9. The van der Waals surface area contributed by atoms with E-state index in [-0.39, 0.29) is 6.03 Å². The number of hydrogen-bond donors (Lipinski definition) is 2. The monoisotopic (exact) mass is 338 g/mol. The van der Waals surface area contributed by atoms with Crippen LogP contribution in [0.1, 0.15) is 24.0 Å². The lowest BCUT2D eigenvalue weighted by atomic mass is 9.97. The molecule has 2 aromatic rings. The fraction of sp³-hybridized carbons (Fsp3) is 0.400. The molecule has 0 bridgehead atoms. The lowest BCUT2D eigenvalue weighted by molar-refractivity contribution is 0.166. The number of urea groups is 1. The highest BCUT2D eigenvalue weighted by atomic mass is 16.2. The van der Waals surface area contributed by atoms with Crippen LogP contribution < -0.4 is 10.6 Å². The molecule has 1 aliphatic rings. The Kier molecular flexibility index (Phi) is 6.01. The van der Waals surface area contributed by atoms with Crippen LogP contribution in [0.2, 0.25) is 0 Å². The zero-order chi connectivity index (χ0) is 17.5. The Bertz CT molecular complexity index is 672. The summed E-state index contributed by atoms with van der Waals surface area (Å²) in [5, 5.41) is 5.90. The molecule has 1 aliphatic heterocycles. The van der Waals surface area contributed by atoms with Crippen LogP contribution in [0.3, 0.4) is 0 Å². The summed E-state index contributed by atoms with van der Waals surface area (Å²) in [6.45, 7) is 5.84. The number of piperidine rings is 1. The van der Waals surface area contributed by atoms with Crippen molar-refractivity contribution in [3.8, 4) is 0 Å². The molecule has 1 aromatic carbocycles. The van der Waals surface area contributed by atoms with E-state index in [9.17, 15) is 4.79 Å². The Morgan fingerprint density at radius 3 is 2.72 bits per heavy atom. The first-order chi connectivity index (χ1) is 12.2. The lowest BCUT2D eigenvalue weighted by Gasteiger charge is -2.32. The zero-order valence-electron chi connectivity index (χ0n) is 14.7. The van der Waals surface area contributed by atoms with E-state index in [2.05, 4.69) is 32.7 Å². The first-order valence-electron chi connectivity index (χ1n) is 8.92. The first kappa shape index (κ1) is 17.4. The lowest BCUT2D eigenvalue weighted by Crippen LogP contribution is -2.41. The molecular weight excluding hydrogens is 312 g/mol. The maximum atomic E-state index is 12.1. The van der Waals surface area contributed by atoms with E-state index in [0.29, 0.717) is 12.5 Å². The molecule has 2 heterocycles. The Labute approximate surface area is 149 Å². The van der Waals surface area contributed by atoms with Gasteiger partial charge in [0, 0.05) is 37.7 Å². The van der Waals surface area contributed by atoms with Crippen molar-refractivity contribution in [2.45, 2.75) is 26.3 Å². The average Bonchev–Trinajstić information content (AvgIpc) is 2.63. The van der Waals surface area contributed by atoms with Crippen LogP contribution in [0.15, 0.2) is 48.8 Å². The number of hydrogen-bond acceptors (Lipinski definition) is 3. The number of benzene rings is 1. The van der Waals surface area contributed by atoms with E-state index in [1.807, 2.05) is 43.6 Å². The fourth-order valence-electron chi connectivity index (χ4n) is 3.26. The number of aromatic nitrogens is 1. The Balaban J connectivity index is 1.43. The summed E-state index contributed by atoms with van der Waals surface area (Å²) in [4.78, 5) is 18.6. The Morgan fingerprint density at radius 1 is 1.20 bits per heavy atom.